The number of hydrogen-bond acceptors (Lipinski definition) is 4. The number of rotatable bonds is 7. The van der Waals surface area contributed by atoms with Crippen LogP contribution in [0.25, 0.3) is 10.6 Å². The lowest BCUT2D eigenvalue weighted by atomic mass is 9.91. The Morgan fingerprint density at radius 3 is 2.18 bits per heavy atom. The van der Waals surface area contributed by atoms with Gasteiger partial charge in [0.2, 0.25) is 10.0 Å². The summed E-state index contributed by atoms with van der Waals surface area (Å²) in [7, 11) is -3.63. The van der Waals surface area contributed by atoms with Crippen LogP contribution in [0.4, 0.5) is 0 Å². The topological polar surface area (TPSA) is 55.2 Å². The van der Waals surface area contributed by atoms with Gasteiger partial charge in [-0.05, 0) is 47.8 Å². The standard InChI is InChI=1S/C26H27N3O2S2/c30-33(31,29-15-13-22(14-16-29)18-21-8-3-1-4-9-21)25-20-28(19-23-10-5-2-6-11-23)27-26(25)24-12-7-17-32-24/h1-12,17,20,22H,13-16,18-19H2. The highest BCUT2D eigenvalue weighted by Gasteiger charge is 2.33. The third-order valence-corrected chi connectivity index (χ3v) is 9.00. The minimum absolute atomic E-state index is 0.308. The van der Waals surface area contributed by atoms with Gasteiger partial charge in [-0.25, -0.2) is 8.42 Å². The Morgan fingerprint density at radius 2 is 1.55 bits per heavy atom. The summed E-state index contributed by atoms with van der Waals surface area (Å²) in [5.74, 6) is 0.511. The van der Waals surface area contributed by atoms with Crippen LogP contribution in [0.1, 0.15) is 24.0 Å². The van der Waals surface area contributed by atoms with E-state index in [0.717, 1.165) is 29.7 Å². The minimum atomic E-state index is -3.63. The summed E-state index contributed by atoms with van der Waals surface area (Å²) in [4.78, 5) is 1.18. The molecule has 0 amide bonds. The van der Waals surface area contributed by atoms with Gasteiger partial charge in [0.05, 0.1) is 11.4 Å². The molecule has 0 N–H and O–H groups in total. The van der Waals surface area contributed by atoms with E-state index in [9.17, 15) is 8.42 Å². The Labute approximate surface area is 199 Å². The number of piperidine rings is 1. The molecule has 0 saturated carbocycles. The average molecular weight is 478 g/mol. The van der Waals surface area contributed by atoms with Crippen molar-refractivity contribution >= 4 is 21.4 Å². The van der Waals surface area contributed by atoms with E-state index >= 15 is 0 Å². The van der Waals surface area contributed by atoms with Crippen molar-refractivity contribution in [2.24, 2.45) is 5.92 Å². The van der Waals surface area contributed by atoms with Crippen LogP contribution in [0.2, 0.25) is 0 Å². The summed E-state index contributed by atoms with van der Waals surface area (Å²) in [6.45, 7) is 1.63. The SMILES string of the molecule is O=S(=O)(c1cn(Cc2ccccc2)nc1-c1cccs1)N1CCC(Cc2ccccc2)CC1. The third kappa shape index (κ3) is 4.95. The molecule has 3 heterocycles. The monoisotopic (exact) mass is 477 g/mol. The zero-order chi connectivity index (χ0) is 22.7. The first-order chi connectivity index (χ1) is 16.1. The highest BCUT2D eigenvalue weighted by Crippen LogP contribution is 2.33. The van der Waals surface area contributed by atoms with Gasteiger partial charge in [0.25, 0.3) is 0 Å². The molecule has 5 nitrogen and oxygen atoms in total. The lowest BCUT2D eigenvalue weighted by Crippen LogP contribution is -2.38. The second kappa shape index (κ2) is 9.63. The van der Waals surface area contributed by atoms with Gasteiger partial charge >= 0.3 is 0 Å². The molecule has 0 unspecified atom stereocenters. The molecule has 4 aromatic rings. The van der Waals surface area contributed by atoms with E-state index in [1.807, 2.05) is 53.9 Å². The Morgan fingerprint density at radius 1 is 0.879 bits per heavy atom. The maximum Gasteiger partial charge on any atom is 0.246 e. The molecule has 0 spiro atoms. The second-order valence-electron chi connectivity index (χ2n) is 8.54. The molecule has 5 rings (SSSR count). The third-order valence-electron chi connectivity index (χ3n) is 6.23. The van der Waals surface area contributed by atoms with Crippen LogP contribution in [-0.4, -0.2) is 35.6 Å². The Balaban J connectivity index is 1.37. The van der Waals surface area contributed by atoms with Crippen LogP contribution in [0, 0.1) is 5.92 Å². The van der Waals surface area contributed by atoms with E-state index < -0.39 is 10.0 Å². The van der Waals surface area contributed by atoms with Crippen LogP contribution in [-0.2, 0) is 23.0 Å². The maximum absolute atomic E-state index is 13.7. The molecule has 170 valence electrons. The number of hydrogen-bond donors (Lipinski definition) is 0. The largest absolute Gasteiger partial charge is 0.266 e. The van der Waals surface area contributed by atoms with E-state index in [4.69, 9.17) is 5.10 Å². The lowest BCUT2D eigenvalue weighted by Gasteiger charge is -2.31. The number of nitrogens with zero attached hydrogens (tertiary/aromatic N) is 3. The Hall–Kier alpha value is -2.74. The molecule has 33 heavy (non-hydrogen) atoms. The lowest BCUT2D eigenvalue weighted by molar-refractivity contribution is 0.273. The number of aromatic nitrogens is 2. The van der Waals surface area contributed by atoms with Gasteiger partial charge in [-0.1, -0.05) is 66.7 Å². The molecule has 0 radical (unpaired) electrons. The summed E-state index contributed by atoms with van der Waals surface area (Å²) in [5.41, 5.74) is 2.96. The van der Waals surface area contributed by atoms with E-state index in [1.54, 1.807) is 15.2 Å². The fourth-order valence-electron chi connectivity index (χ4n) is 4.47. The van der Waals surface area contributed by atoms with Crippen LogP contribution in [0.5, 0.6) is 0 Å². The molecule has 0 aliphatic carbocycles. The van der Waals surface area contributed by atoms with Crippen molar-refractivity contribution in [2.45, 2.75) is 30.7 Å². The summed E-state index contributed by atoms with van der Waals surface area (Å²) in [5, 5.41) is 6.66. The first kappa shape index (κ1) is 22.1. The van der Waals surface area contributed by atoms with Gasteiger partial charge in [0, 0.05) is 19.3 Å². The summed E-state index contributed by atoms with van der Waals surface area (Å²) < 4.78 is 30.8. The molecular formula is C26H27N3O2S2. The van der Waals surface area contributed by atoms with Gasteiger partial charge < -0.3 is 0 Å². The Bertz CT molecular complexity index is 1280. The van der Waals surface area contributed by atoms with Crippen LogP contribution >= 0.6 is 11.3 Å². The number of thiophene rings is 1. The van der Waals surface area contributed by atoms with Crippen LogP contribution in [0.3, 0.4) is 0 Å². The summed E-state index contributed by atoms with van der Waals surface area (Å²) in [6, 6.07) is 24.3. The second-order valence-corrected chi connectivity index (χ2v) is 11.4. The zero-order valence-electron chi connectivity index (χ0n) is 18.4. The first-order valence-electron chi connectivity index (χ1n) is 11.3. The van der Waals surface area contributed by atoms with E-state index in [1.165, 1.54) is 16.9 Å². The molecule has 7 heteroatoms. The van der Waals surface area contributed by atoms with E-state index in [2.05, 4.69) is 24.3 Å². The fraction of sp³-hybridized carbons (Fsp3) is 0.269. The molecular weight excluding hydrogens is 450 g/mol. The van der Waals surface area contributed by atoms with Crippen molar-refractivity contribution in [3.63, 3.8) is 0 Å². The predicted octanol–water partition coefficient (Wildman–Crippen LogP) is 5.30. The van der Waals surface area contributed by atoms with Crippen LogP contribution in [0.15, 0.2) is 89.3 Å². The molecule has 1 aliphatic rings. The first-order valence-corrected chi connectivity index (χ1v) is 13.6. The van der Waals surface area contributed by atoms with Crippen molar-refractivity contribution in [1.82, 2.24) is 14.1 Å². The van der Waals surface area contributed by atoms with Gasteiger partial charge in [-0.2, -0.15) is 9.40 Å². The highest BCUT2D eigenvalue weighted by atomic mass is 32.2. The molecule has 1 aliphatic heterocycles. The quantitative estimate of drug-likeness (QED) is 0.363. The summed E-state index contributed by atoms with van der Waals surface area (Å²) in [6.07, 6.45) is 4.46. The maximum atomic E-state index is 13.7. The highest BCUT2D eigenvalue weighted by molar-refractivity contribution is 7.89. The molecule has 2 aromatic heterocycles. The van der Waals surface area contributed by atoms with Crippen molar-refractivity contribution < 1.29 is 8.42 Å². The van der Waals surface area contributed by atoms with E-state index in [0.29, 0.717) is 36.1 Å². The number of benzene rings is 2. The molecule has 2 aromatic carbocycles. The van der Waals surface area contributed by atoms with Gasteiger partial charge in [-0.15, -0.1) is 11.3 Å². The van der Waals surface area contributed by atoms with Crippen molar-refractivity contribution in [3.8, 4) is 10.6 Å². The van der Waals surface area contributed by atoms with Crippen molar-refractivity contribution in [3.05, 3.63) is 95.5 Å². The molecule has 1 saturated heterocycles. The summed E-state index contributed by atoms with van der Waals surface area (Å²) >= 11 is 1.52. The van der Waals surface area contributed by atoms with Crippen molar-refractivity contribution in [2.75, 3.05) is 13.1 Å². The molecule has 0 bridgehead atoms. The fourth-order valence-corrected chi connectivity index (χ4v) is 6.88. The van der Waals surface area contributed by atoms with Gasteiger partial charge in [0.1, 0.15) is 10.6 Å². The van der Waals surface area contributed by atoms with Crippen LogP contribution < -0.4 is 0 Å². The van der Waals surface area contributed by atoms with Gasteiger partial charge in [0.15, 0.2) is 0 Å². The zero-order valence-corrected chi connectivity index (χ0v) is 20.0. The Kier molecular flexibility index (Phi) is 6.44. The van der Waals surface area contributed by atoms with Gasteiger partial charge in [-0.3, -0.25) is 4.68 Å². The molecule has 1 fully saturated rings. The predicted molar refractivity (Wildman–Crippen MR) is 133 cm³/mol. The normalized spacial score (nSPS) is 15.6. The molecule has 0 atom stereocenters. The van der Waals surface area contributed by atoms with Crippen molar-refractivity contribution in [1.29, 1.82) is 0 Å². The number of sulfonamides is 1. The smallest absolute Gasteiger partial charge is 0.246 e. The minimum Gasteiger partial charge on any atom is -0.266 e. The average Bonchev–Trinajstić information content (AvgIpc) is 3.51. The van der Waals surface area contributed by atoms with E-state index in [-0.39, 0.29) is 0 Å².